The van der Waals surface area contributed by atoms with Gasteiger partial charge in [-0.3, -0.25) is 4.79 Å². The van der Waals surface area contributed by atoms with Crippen molar-refractivity contribution >= 4 is 11.6 Å². The van der Waals surface area contributed by atoms with Gasteiger partial charge >= 0.3 is 0 Å². The van der Waals surface area contributed by atoms with Crippen molar-refractivity contribution in [2.45, 2.75) is 26.4 Å². The van der Waals surface area contributed by atoms with Crippen molar-refractivity contribution in [3.63, 3.8) is 0 Å². The van der Waals surface area contributed by atoms with Crippen LogP contribution in [0.5, 0.6) is 0 Å². The number of carbonyl (C=O) groups excluding carboxylic acids is 1. The van der Waals surface area contributed by atoms with E-state index in [1.165, 1.54) is 12.1 Å². The zero-order valence-electron chi connectivity index (χ0n) is 9.96. The van der Waals surface area contributed by atoms with E-state index in [-0.39, 0.29) is 23.3 Å². The Kier molecular flexibility index (Phi) is 2.00. The van der Waals surface area contributed by atoms with E-state index < -0.39 is 0 Å². The molecular formula is C13H15FN2O. The highest BCUT2D eigenvalue weighted by Crippen LogP contribution is 2.41. The first-order valence-electron chi connectivity index (χ1n) is 5.86. The standard InChI is InChI=1S/C13H15FN2O/c1-13(2)5-6-16-11(17)9-7-8(14)3-4-10(9)15-12(13)16/h3-4,7,12,15H,5-6H2,1-2H3. The number of rotatable bonds is 0. The van der Waals surface area contributed by atoms with E-state index >= 15 is 0 Å². The van der Waals surface area contributed by atoms with Crippen LogP contribution in [0.1, 0.15) is 30.6 Å². The van der Waals surface area contributed by atoms with Crippen molar-refractivity contribution in [2.75, 3.05) is 11.9 Å². The second kappa shape index (κ2) is 3.22. The minimum absolute atomic E-state index is 0.0213. The van der Waals surface area contributed by atoms with Crippen LogP contribution in [0.3, 0.4) is 0 Å². The van der Waals surface area contributed by atoms with E-state index in [1.807, 2.05) is 4.90 Å². The fraction of sp³-hybridized carbons (Fsp3) is 0.462. The largest absolute Gasteiger partial charge is 0.364 e. The van der Waals surface area contributed by atoms with Gasteiger partial charge < -0.3 is 10.2 Å². The van der Waals surface area contributed by atoms with Crippen LogP contribution in [0.25, 0.3) is 0 Å². The van der Waals surface area contributed by atoms with Gasteiger partial charge in [-0.15, -0.1) is 0 Å². The minimum atomic E-state index is -0.365. The van der Waals surface area contributed by atoms with E-state index in [0.717, 1.165) is 18.7 Å². The van der Waals surface area contributed by atoms with E-state index in [2.05, 4.69) is 19.2 Å². The molecule has 1 atom stereocenters. The molecule has 0 radical (unpaired) electrons. The van der Waals surface area contributed by atoms with E-state index in [1.54, 1.807) is 6.07 Å². The zero-order valence-corrected chi connectivity index (χ0v) is 9.96. The van der Waals surface area contributed by atoms with Crippen LogP contribution in [0, 0.1) is 11.2 Å². The maximum atomic E-state index is 13.2. The summed E-state index contributed by atoms with van der Waals surface area (Å²) in [7, 11) is 0. The number of nitrogens with zero attached hydrogens (tertiary/aromatic N) is 1. The molecule has 1 unspecified atom stereocenters. The maximum absolute atomic E-state index is 13.2. The van der Waals surface area contributed by atoms with Crippen molar-refractivity contribution in [1.29, 1.82) is 0 Å². The van der Waals surface area contributed by atoms with Crippen LogP contribution in [-0.2, 0) is 0 Å². The molecule has 1 fully saturated rings. The van der Waals surface area contributed by atoms with Crippen LogP contribution in [0.2, 0.25) is 0 Å². The number of benzene rings is 1. The SMILES string of the molecule is CC1(C)CCN2C(=O)c3cc(F)ccc3NC21. The molecule has 3 rings (SSSR count). The number of nitrogens with one attached hydrogen (secondary N) is 1. The summed E-state index contributed by atoms with van der Waals surface area (Å²) in [6.07, 6.45) is 0.986. The molecule has 1 N–H and O–H groups in total. The zero-order chi connectivity index (χ0) is 12.2. The van der Waals surface area contributed by atoms with Gasteiger partial charge in [-0.25, -0.2) is 4.39 Å². The molecule has 0 aliphatic carbocycles. The molecule has 90 valence electrons. The highest BCUT2D eigenvalue weighted by Gasteiger charge is 2.46. The molecule has 1 aromatic carbocycles. The molecular weight excluding hydrogens is 219 g/mol. The number of hydrogen-bond acceptors (Lipinski definition) is 2. The lowest BCUT2D eigenvalue weighted by atomic mass is 9.88. The van der Waals surface area contributed by atoms with E-state index in [4.69, 9.17) is 0 Å². The van der Waals surface area contributed by atoms with E-state index in [9.17, 15) is 9.18 Å². The second-order valence-electron chi connectivity index (χ2n) is 5.47. The predicted octanol–water partition coefficient (Wildman–Crippen LogP) is 2.45. The van der Waals surface area contributed by atoms with Gasteiger partial charge in [0.15, 0.2) is 0 Å². The summed E-state index contributed by atoms with van der Waals surface area (Å²) < 4.78 is 13.2. The molecule has 0 aromatic heterocycles. The highest BCUT2D eigenvalue weighted by atomic mass is 19.1. The summed E-state index contributed by atoms with van der Waals surface area (Å²) in [5, 5.41) is 3.35. The van der Waals surface area contributed by atoms with Gasteiger partial charge in [0.25, 0.3) is 5.91 Å². The molecule has 2 aliphatic heterocycles. The Bertz CT molecular complexity index is 498. The van der Waals surface area contributed by atoms with Gasteiger partial charge in [-0.05, 0) is 24.6 Å². The van der Waals surface area contributed by atoms with Crippen LogP contribution < -0.4 is 5.32 Å². The molecule has 1 aromatic rings. The van der Waals surface area contributed by atoms with Crippen LogP contribution in [0.15, 0.2) is 18.2 Å². The number of carbonyl (C=O) groups is 1. The summed E-state index contributed by atoms with van der Waals surface area (Å²) in [6.45, 7) is 5.03. The average molecular weight is 234 g/mol. The quantitative estimate of drug-likeness (QED) is 0.747. The number of halogens is 1. The second-order valence-corrected chi connectivity index (χ2v) is 5.47. The number of hydrogen-bond donors (Lipinski definition) is 1. The number of amides is 1. The number of fused-ring (bicyclic) bond motifs is 2. The van der Waals surface area contributed by atoms with Gasteiger partial charge in [0.2, 0.25) is 0 Å². The Morgan fingerprint density at radius 3 is 3.00 bits per heavy atom. The molecule has 2 heterocycles. The highest BCUT2D eigenvalue weighted by molar-refractivity contribution is 6.01. The van der Waals surface area contributed by atoms with Crippen molar-refractivity contribution in [3.05, 3.63) is 29.6 Å². The van der Waals surface area contributed by atoms with Crippen molar-refractivity contribution in [3.8, 4) is 0 Å². The lowest BCUT2D eigenvalue weighted by Gasteiger charge is -2.38. The molecule has 1 amide bonds. The van der Waals surface area contributed by atoms with Crippen molar-refractivity contribution < 1.29 is 9.18 Å². The van der Waals surface area contributed by atoms with Crippen molar-refractivity contribution in [2.24, 2.45) is 5.41 Å². The molecule has 4 heteroatoms. The molecule has 0 saturated carbocycles. The summed E-state index contributed by atoms with van der Waals surface area (Å²) in [5.74, 6) is -0.426. The normalized spacial score (nSPS) is 25.2. The smallest absolute Gasteiger partial charge is 0.257 e. The van der Waals surface area contributed by atoms with Gasteiger partial charge in [0, 0.05) is 17.6 Å². The van der Waals surface area contributed by atoms with Gasteiger partial charge in [0.1, 0.15) is 12.0 Å². The fourth-order valence-corrected chi connectivity index (χ4v) is 2.71. The Hall–Kier alpha value is -1.58. The first-order chi connectivity index (χ1) is 7.99. The average Bonchev–Trinajstić information content (AvgIpc) is 2.57. The summed E-state index contributed by atoms with van der Waals surface area (Å²) >= 11 is 0. The topological polar surface area (TPSA) is 32.3 Å². The fourth-order valence-electron chi connectivity index (χ4n) is 2.71. The predicted molar refractivity (Wildman–Crippen MR) is 63.2 cm³/mol. The molecule has 2 aliphatic rings. The van der Waals surface area contributed by atoms with Gasteiger partial charge in [-0.2, -0.15) is 0 Å². The summed E-state index contributed by atoms with van der Waals surface area (Å²) in [6, 6.07) is 4.34. The Balaban J connectivity index is 2.08. The summed E-state index contributed by atoms with van der Waals surface area (Å²) in [4.78, 5) is 14.1. The van der Waals surface area contributed by atoms with Gasteiger partial charge in [-0.1, -0.05) is 13.8 Å². The minimum Gasteiger partial charge on any atom is -0.364 e. The van der Waals surface area contributed by atoms with Gasteiger partial charge in [0.05, 0.1) is 5.56 Å². The third-order valence-corrected chi connectivity index (χ3v) is 3.81. The molecule has 0 bridgehead atoms. The Labute approximate surface area is 99.6 Å². The van der Waals surface area contributed by atoms with E-state index in [0.29, 0.717) is 5.56 Å². The first-order valence-corrected chi connectivity index (χ1v) is 5.86. The van der Waals surface area contributed by atoms with Crippen molar-refractivity contribution in [1.82, 2.24) is 4.90 Å². The van der Waals surface area contributed by atoms with Crippen LogP contribution in [-0.4, -0.2) is 23.5 Å². The lowest BCUT2D eigenvalue weighted by molar-refractivity contribution is 0.0698. The molecule has 3 nitrogen and oxygen atoms in total. The molecule has 1 saturated heterocycles. The third-order valence-electron chi connectivity index (χ3n) is 3.81. The lowest BCUT2D eigenvalue weighted by Crippen LogP contribution is -2.49. The summed E-state index contributed by atoms with van der Waals surface area (Å²) in [5.41, 5.74) is 1.24. The first kappa shape index (κ1) is 10.6. The Morgan fingerprint density at radius 2 is 2.24 bits per heavy atom. The molecule has 0 spiro atoms. The Morgan fingerprint density at radius 1 is 1.47 bits per heavy atom. The maximum Gasteiger partial charge on any atom is 0.257 e. The monoisotopic (exact) mass is 234 g/mol. The molecule has 17 heavy (non-hydrogen) atoms. The van der Waals surface area contributed by atoms with Crippen LogP contribution >= 0.6 is 0 Å². The third kappa shape index (κ3) is 1.43. The number of anilines is 1. The van der Waals surface area contributed by atoms with Crippen LogP contribution in [0.4, 0.5) is 10.1 Å².